The first-order valence-electron chi connectivity index (χ1n) is 7.63. The van der Waals surface area contributed by atoms with Crippen LogP contribution in [0.3, 0.4) is 0 Å². The highest BCUT2D eigenvalue weighted by Crippen LogP contribution is 2.16. The predicted molar refractivity (Wildman–Crippen MR) is 85.9 cm³/mol. The van der Waals surface area contributed by atoms with Gasteiger partial charge >= 0.3 is 6.01 Å². The van der Waals surface area contributed by atoms with Gasteiger partial charge in [0.05, 0.1) is 11.0 Å². The van der Waals surface area contributed by atoms with Crippen molar-refractivity contribution < 1.29 is 4.52 Å². The molecular formula is C16H21N5O. The van der Waals surface area contributed by atoms with E-state index in [2.05, 4.69) is 38.1 Å². The van der Waals surface area contributed by atoms with E-state index in [1.54, 1.807) is 0 Å². The fourth-order valence-electron chi connectivity index (χ4n) is 2.40. The van der Waals surface area contributed by atoms with Crippen LogP contribution in [0.5, 0.6) is 0 Å². The van der Waals surface area contributed by atoms with Crippen LogP contribution >= 0.6 is 0 Å². The lowest BCUT2D eigenvalue weighted by atomic mass is 10.2. The number of para-hydroxylation sites is 2. The van der Waals surface area contributed by atoms with Gasteiger partial charge in [-0.1, -0.05) is 31.1 Å². The van der Waals surface area contributed by atoms with Gasteiger partial charge in [-0.2, -0.15) is 4.98 Å². The highest BCUT2D eigenvalue weighted by molar-refractivity contribution is 5.75. The van der Waals surface area contributed by atoms with Crippen LogP contribution in [0, 0.1) is 0 Å². The molecule has 0 spiro atoms. The molecule has 116 valence electrons. The number of fused-ring (bicyclic) bond motifs is 1. The van der Waals surface area contributed by atoms with Crippen molar-refractivity contribution in [2.75, 3.05) is 11.9 Å². The molecule has 0 fully saturated rings. The summed E-state index contributed by atoms with van der Waals surface area (Å²) in [6.45, 7) is 4.86. The van der Waals surface area contributed by atoms with Crippen LogP contribution in [0.2, 0.25) is 0 Å². The molecule has 2 aromatic heterocycles. The highest BCUT2D eigenvalue weighted by Gasteiger charge is 2.09. The fraction of sp³-hybridized carbons (Fsp3) is 0.438. The van der Waals surface area contributed by atoms with Crippen LogP contribution in [0.1, 0.15) is 37.8 Å². The molecule has 0 aliphatic heterocycles. The van der Waals surface area contributed by atoms with Gasteiger partial charge in [0, 0.05) is 25.9 Å². The molecular weight excluding hydrogens is 278 g/mol. The zero-order valence-electron chi connectivity index (χ0n) is 13.2. The minimum absolute atomic E-state index is 0.277. The number of hydrogen-bond donors (Lipinski definition) is 1. The maximum Gasteiger partial charge on any atom is 0.321 e. The Kier molecular flexibility index (Phi) is 4.09. The third-order valence-corrected chi connectivity index (χ3v) is 3.69. The molecule has 0 bridgehead atoms. The Morgan fingerprint density at radius 3 is 2.77 bits per heavy atom. The van der Waals surface area contributed by atoms with E-state index in [9.17, 15) is 0 Å². The molecule has 1 N–H and O–H groups in total. The summed E-state index contributed by atoms with van der Waals surface area (Å²) in [6.07, 6.45) is 1.86. The van der Waals surface area contributed by atoms with E-state index in [0.29, 0.717) is 6.01 Å². The van der Waals surface area contributed by atoms with Gasteiger partial charge in [0.2, 0.25) is 0 Å². The van der Waals surface area contributed by atoms with Gasteiger partial charge in [0.15, 0.2) is 5.82 Å². The highest BCUT2D eigenvalue weighted by atomic mass is 16.5. The first-order chi connectivity index (χ1) is 10.6. The van der Waals surface area contributed by atoms with Gasteiger partial charge in [0.25, 0.3) is 0 Å². The molecule has 0 unspecified atom stereocenters. The Labute approximate surface area is 129 Å². The van der Waals surface area contributed by atoms with Crippen molar-refractivity contribution in [3.63, 3.8) is 0 Å². The number of aromatic nitrogens is 4. The number of anilines is 1. The van der Waals surface area contributed by atoms with E-state index in [0.717, 1.165) is 36.6 Å². The first-order valence-corrected chi connectivity index (χ1v) is 7.63. The molecule has 1 aromatic carbocycles. The molecule has 3 rings (SSSR count). The average Bonchev–Trinajstić information content (AvgIpc) is 3.10. The second-order valence-electron chi connectivity index (χ2n) is 5.72. The maximum absolute atomic E-state index is 5.16. The van der Waals surface area contributed by atoms with E-state index >= 15 is 0 Å². The second kappa shape index (κ2) is 6.17. The quantitative estimate of drug-likeness (QED) is 0.708. The van der Waals surface area contributed by atoms with Crippen molar-refractivity contribution >= 4 is 17.0 Å². The molecule has 2 heterocycles. The smallest absolute Gasteiger partial charge is 0.321 e. The fourth-order valence-corrected chi connectivity index (χ4v) is 2.40. The summed E-state index contributed by atoms with van der Waals surface area (Å²) in [7, 11) is 2.06. The zero-order valence-corrected chi connectivity index (χ0v) is 13.2. The molecule has 6 heteroatoms. The molecule has 0 atom stereocenters. The Balaban J connectivity index is 1.54. The van der Waals surface area contributed by atoms with Gasteiger partial charge in [-0.3, -0.25) is 0 Å². The summed E-state index contributed by atoms with van der Waals surface area (Å²) in [6, 6.07) is 8.69. The van der Waals surface area contributed by atoms with Crippen LogP contribution in [-0.4, -0.2) is 26.2 Å². The molecule has 0 aliphatic rings. The monoisotopic (exact) mass is 299 g/mol. The lowest BCUT2D eigenvalue weighted by Gasteiger charge is -2.03. The summed E-state index contributed by atoms with van der Waals surface area (Å²) in [5, 5.41) is 7.10. The summed E-state index contributed by atoms with van der Waals surface area (Å²) >= 11 is 0. The SMILES string of the molecule is CC(C)c1noc(NCCCc2nc3ccccc3n2C)n1. The topological polar surface area (TPSA) is 68.8 Å². The first kappa shape index (κ1) is 14.6. The van der Waals surface area contributed by atoms with E-state index in [1.807, 2.05) is 32.0 Å². The maximum atomic E-state index is 5.16. The largest absolute Gasteiger partial charge is 0.338 e. The van der Waals surface area contributed by atoms with E-state index < -0.39 is 0 Å². The van der Waals surface area contributed by atoms with Gasteiger partial charge < -0.3 is 14.4 Å². The van der Waals surface area contributed by atoms with Gasteiger partial charge in [-0.25, -0.2) is 4.98 Å². The summed E-state index contributed by atoms with van der Waals surface area (Å²) in [4.78, 5) is 8.96. The standard InChI is InChI=1S/C16H21N5O/c1-11(2)15-19-16(22-20-15)17-10-6-9-14-18-12-7-4-5-8-13(12)21(14)3/h4-5,7-8,11H,6,9-10H2,1-3H3,(H,17,19,20). The van der Waals surface area contributed by atoms with Crippen LogP contribution in [0.4, 0.5) is 6.01 Å². The molecule has 0 amide bonds. The zero-order chi connectivity index (χ0) is 15.5. The number of aryl methyl sites for hydroxylation is 2. The van der Waals surface area contributed by atoms with Crippen LogP contribution in [0.25, 0.3) is 11.0 Å². The number of nitrogens with zero attached hydrogens (tertiary/aromatic N) is 4. The molecule has 22 heavy (non-hydrogen) atoms. The molecule has 0 saturated heterocycles. The molecule has 6 nitrogen and oxygen atoms in total. The van der Waals surface area contributed by atoms with Gasteiger partial charge in [-0.15, -0.1) is 0 Å². The van der Waals surface area contributed by atoms with E-state index in [1.165, 1.54) is 5.52 Å². The molecule has 0 saturated carbocycles. The summed E-state index contributed by atoms with van der Waals surface area (Å²) in [5.41, 5.74) is 2.22. The number of hydrogen-bond acceptors (Lipinski definition) is 5. The van der Waals surface area contributed by atoms with E-state index in [-0.39, 0.29) is 5.92 Å². The third-order valence-electron chi connectivity index (χ3n) is 3.69. The van der Waals surface area contributed by atoms with E-state index in [4.69, 9.17) is 4.52 Å². The Bertz CT molecular complexity index is 759. The number of benzene rings is 1. The van der Waals surface area contributed by atoms with Crippen LogP contribution in [-0.2, 0) is 13.5 Å². The van der Waals surface area contributed by atoms with Crippen LogP contribution in [0.15, 0.2) is 28.8 Å². The van der Waals surface area contributed by atoms with Crippen molar-refractivity contribution in [1.82, 2.24) is 19.7 Å². The lowest BCUT2D eigenvalue weighted by molar-refractivity contribution is 0.419. The lowest BCUT2D eigenvalue weighted by Crippen LogP contribution is -2.06. The summed E-state index contributed by atoms with van der Waals surface area (Å²) in [5.74, 6) is 2.11. The number of imidazole rings is 1. The van der Waals surface area contributed by atoms with Crippen molar-refractivity contribution in [3.8, 4) is 0 Å². The van der Waals surface area contributed by atoms with Gasteiger partial charge in [0.1, 0.15) is 5.82 Å². The van der Waals surface area contributed by atoms with Crippen molar-refractivity contribution in [2.24, 2.45) is 7.05 Å². The molecule has 0 aliphatic carbocycles. The predicted octanol–water partition coefficient (Wildman–Crippen LogP) is 3.12. The van der Waals surface area contributed by atoms with Gasteiger partial charge in [-0.05, 0) is 18.6 Å². The Hall–Kier alpha value is -2.37. The minimum atomic E-state index is 0.277. The average molecular weight is 299 g/mol. The minimum Gasteiger partial charge on any atom is -0.338 e. The Morgan fingerprint density at radius 1 is 1.23 bits per heavy atom. The third kappa shape index (κ3) is 2.95. The van der Waals surface area contributed by atoms with Crippen molar-refractivity contribution in [3.05, 3.63) is 35.9 Å². The molecule has 0 radical (unpaired) electrons. The summed E-state index contributed by atoms with van der Waals surface area (Å²) < 4.78 is 7.31. The Morgan fingerprint density at radius 2 is 2.05 bits per heavy atom. The second-order valence-corrected chi connectivity index (χ2v) is 5.72. The van der Waals surface area contributed by atoms with Crippen molar-refractivity contribution in [2.45, 2.75) is 32.6 Å². The van der Waals surface area contributed by atoms with Crippen molar-refractivity contribution in [1.29, 1.82) is 0 Å². The normalized spacial score (nSPS) is 11.5. The number of nitrogens with one attached hydrogen (secondary N) is 1. The number of rotatable bonds is 6. The van der Waals surface area contributed by atoms with Crippen LogP contribution < -0.4 is 5.32 Å². The molecule has 3 aromatic rings.